The molecule has 1 aliphatic heterocycles. The molecule has 4 heterocycles. The zero-order valence-corrected chi connectivity index (χ0v) is 16.7. The Labute approximate surface area is 161 Å². The summed E-state index contributed by atoms with van der Waals surface area (Å²) in [6, 6.07) is 1.94. The minimum Gasteiger partial charge on any atom is -0.379 e. The fourth-order valence-electron chi connectivity index (χ4n) is 3.72. The van der Waals surface area contributed by atoms with E-state index in [1.54, 1.807) is 23.3 Å². The molecule has 150 valence electrons. The highest BCUT2D eigenvalue weighted by Crippen LogP contribution is 2.15. The third kappa shape index (κ3) is 2.98. The van der Waals surface area contributed by atoms with Gasteiger partial charge in [-0.25, -0.2) is 9.48 Å². The molecule has 0 atom stereocenters. The zero-order valence-electron chi connectivity index (χ0n) is 16.7. The Morgan fingerprint density at radius 2 is 1.79 bits per heavy atom. The molecule has 0 amide bonds. The van der Waals surface area contributed by atoms with Gasteiger partial charge in [0, 0.05) is 46.0 Å². The summed E-state index contributed by atoms with van der Waals surface area (Å²) in [7, 11) is 3.42. The molecular formula is C18H25N7O3. The number of fused-ring (bicyclic) bond motifs is 1. The molecule has 0 saturated carbocycles. The highest BCUT2D eigenvalue weighted by atomic mass is 16.5. The maximum absolute atomic E-state index is 13.1. The summed E-state index contributed by atoms with van der Waals surface area (Å²) in [4.78, 5) is 32.7. The van der Waals surface area contributed by atoms with Gasteiger partial charge >= 0.3 is 5.69 Å². The summed E-state index contributed by atoms with van der Waals surface area (Å²) in [5, 5.41) is 4.46. The van der Waals surface area contributed by atoms with Crippen LogP contribution < -0.4 is 11.2 Å². The fraction of sp³-hybridized carbons (Fsp3) is 0.556. The van der Waals surface area contributed by atoms with Crippen molar-refractivity contribution in [2.75, 3.05) is 32.8 Å². The SMILES string of the molecule is Cc1cc(C)n(-c2nc3c(c(=O)n(CCN4CCOCC4)c(=O)n3C)n2C)n1. The van der Waals surface area contributed by atoms with E-state index in [9.17, 15) is 9.59 Å². The van der Waals surface area contributed by atoms with Crippen LogP contribution in [-0.4, -0.2) is 66.2 Å². The molecule has 1 fully saturated rings. The molecule has 0 aliphatic carbocycles. The van der Waals surface area contributed by atoms with Gasteiger partial charge in [0.15, 0.2) is 11.2 Å². The van der Waals surface area contributed by atoms with Gasteiger partial charge in [-0.05, 0) is 19.9 Å². The summed E-state index contributed by atoms with van der Waals surface area (Å²) in [6.07, 6.45) is 0. The molecule has 0 N–H and O–H groups in total. The Morgan fingerprint density at radius 1 is 1.07 bits per heavy atom. The summed E-state index contributed by atoms with van der Waals surface area (Å²) in [5.74, 6) is 0.513. The third-order valence-electron chi connectivity index (χ3n) is 5.28. The van der Waals surface area contributed by atoms with E-state index < -0.39 is 0 Å². The third-order valence-corrected chi connectivity index (χ3v) is 5.28. The minimum atomic E-state index is -0.358. The first-order valence-corrected chi connectivity index (χ1v) is 9.38. The van der Waals surface area contributed by atoms with Crippen LogP contribution in [0.2, 0.25) is 0 Å². The molecule has 1 saturated heterocycles. The highest BCUT2D eigenvalue weighted by Gasteiger charge is 2.21. The van der Waals surface area contributed by atoms with Crippen molar-refractivity contribution in [2.45, 2.75) is 20.4 Å². The van der Waals surface area contributed by atoms with E-state index >= 15 is 0 Å². The quantitative estimate of drug-likeness (QED) is 0.603. The van der Waals surface area contributed by atoms with Crippen LogP contribution in [0.4, 0.5) is 0 Å². The minimum absolute atomic E-state index is 0.325. The predicted molar refractivity (Wildman–Crippen MR) is 104 cm³/mol. The Kier molecular flexibility index (Phi) is 4.68. The van der Waals surface area contributed by atoms with Crippen LogP contribution in [0, 0.1) is 13.8 Å². The number of nitrogens with zero attached hydrogens (tertiary/aromatic N) is 7. The van der Waals surface area contributed by atoms with E-state index in [1.165, 1.54) is 9.13 Å². The number of imidazole rings is 1. The van der Waals surface area contributed by atoms with Crippen molar-refractivity contribution in [3.63, 3.8) is 0 Å². The first kappa shape index (κ1) is 18.6. The van der Waals surface area contributed by atoms with Crippen molar-refractivity contribution in [3.05, 3.63) is 38.3 Å². The molecule has 4 rings (SSSR count). The van der Waals surface area contributed by atoms with Crippen molar-refractivity contribution >= 4 is 11.2 Å². The monoisotopic (exact) mass is 387 g/mol. The Balaban J connectivity index is 1.80. The molecule has 3 aromatic rings. The lowest BCUT2D eigenvalue weighted by molar-refractivity contribution is 0.0361. The van der Waals surface area contributed by atoms with Gasteiger partial charge in [-0.15, -0.1) is 0 Å². The average molecular weight is 387 g/mol. The van der Waals surface area contributed by atoms with Gasteiger partial charge in [-0.1, -0.05) is 0 Å². The second-order valence-corrected chi connectivity index (χ2v) is 7.23. The van der Waals surface area contributed by atoms with Crippen LogP contribution in [0.25, 0.3) is 17.1 Å². The molecule has 10 heteroatoms. The molecule has 0 radical (unpaired) electrons. The van der Waals surface area contributed by atoms with Crippen molar-refractivity contribution in [3.8, 4) is 5.95 Å². The molecule has 28 heavy (non-hydrogen) atoms. The van der Waals surface area contributed by atoms with Gasteiger partial charge in [0.25, 0.3) is 5.56 Å². The standard InChI is InChI=1S/C18H25N7O3/c1-12-11-13(2)25(20-12)17-19-15-14(21(17)3)16(26)24(18(27)22(15)4)6-5-23-7-9-28-10-8-23/h11H,5-10H2,1-4H3. The van der Waals surface area contributed by atoms with E-state index in [1.807, 2.05) is 19.9 Å². The molecule has 0 aromatic carbocycles. The average Bonchev–Trinajstić information content (AvgIpc) is 3.19. The van der Waals surface area contributed by atoms with Gasteiger partial charge < -0.3 is 9.30 Å². The van der Waals surface area contributed by atoms with E-state index in [0.717, 1.165) is 24.5 Å². The normalized spacial score (nSPS) is 15.6. The summed E-state index contributed by atoms with van der Waals surface area (Å²) >= 11 is 0. The molecular weight excluding hydrogens is 362 g/mol. The second kappa shape index (κ2) is 7.02. The lowest BCUT2D eigenvalue weighted by Crippen LogP contribution is -2.44. The topological polar surface area (TPSA) is 92.1 Å². The predicted octanol–water partition coefficient (Wildman–Crippen LogP) is -0.432. The Morgan fingerprint density at radius 3 is 2.43 bits per heavy atom. The highest BCUT2D eigenvalue weighted by molar-refractivity contribution is 5.72. The number of aryl methyl sites for hydroxylation is 4. The van der Waals surface area contributed by atoms with E-state index in [-0.39, 0.29) is 11.2 Å². The zero-order chi connectivity index (χ0) is 20.0. The van der Waals surface area contributed by atoms with Crippen LogP contribution in [0.3, 0.4) is 0 Å². The lowest BCUT2D eigenvalue weighted by atomic mass is 10.4. The van der Waals surface area contributed by atoms with Crippen LogP contribution in [-0.2, 0) is 25.4 Å². The van der Waals surface area contributed by atoms with Crippen LogP contribution in [0.5, 0.6) is 0 Å². The molecule has 3 aromatic heterocycles. The van der Waals surface area contributed by atoms with E-state index in [0.29, 0.717) is 43.4 Å². The van der Waals surface area contributed by atoms with Crippen LogP contribution in [0.15, 0.2) is 15.7 Å². The summed E-state index contributed by atoms with van der Waals surface area (Å²) in [6.45, 7) is 7.78. The number of aromatic nitrogens is 6. The number of hydrogen-bond donors (Lipinski definition) is 0. The van der Waals surface area contributed by atoms with Crippen molar-refractivity contribution < 1.29 is 4.74 Å². The lowest BCUT2D eigenvalue weighted by Gasteiger charge is -2.26. The van der Waals surface area contributed by atoms with Crippen molar-refractivity contribution in [1.29, 1.82) is 0 Å². The van der Waals surface area contributed by atoms with Gasteiger partial charge in [0.1, 0.15) is 0 Å². The molecule has 0 unspecified atom stereocenters. The first-order valence-electron chi connectivity index (χ1n) is 9.38. The Bertz CT molecular complexity index is 1140. The first-order chi connectivity index (χ1) is 13.4. The summed E-state index contributed by atoms with van der Waals surface area (Å²) in [5.41, 5.74) is 1.85. The smallest absolute Gasteiger partial charge is 0.332 e. The van der Waals surface area contributed by atoms with Gasteiger partial charge in [-0.3, -0.25) is 18.8 Å². The fourth-order valence-corrected chi connectivity index (χ4v) is 3.72. The number of morpholine rings is 1. The van der Waals surface area contributed by atoms with Gasteiger partial charge in [0.2, 0.25) is 5.95 Å². The largest absolute Gasteiger partial charge is 0.379 e. The second-order valence-electron chi connectivity index (χ2n) is 7.23. The molecule has 10 nitrogen and oxygen atoms in total. The summed E-state index contributed by atoms with van der Waals surface area (Å²) < 4.78 is 11.5. The number of rotatable bonds is 4. The maximum atomic E-state index is 13.1. The van der Waals surface area contributed by atoms with E-state index in [4.69, 9.17) is 4.74 Å². The number of ether oxygens (including phenoxy) is 1. The van der Waals surface area contributed by atoms with Crippen molar-refractivity contribution in [2.24, 2.45) is 14.1 Å². The Hall–Kier alpha value is -2.72. The van der Waals surface area contributed by atoms with Crippen LogP contribution in [0.1, 0.15) is 11.4 Å². The van der Waals surface area contributed by atoms with Gasteiger partial charge in [0.05, 0.1) is 18.9 Å². The molecule has 0 spiro atoms. The maximum Gasteiger partial charge on any atom is 0.332 e. The van der Waals surface area contributed by atoms with Crippen LogP contribution >= 0.6 is 0 Å². The van der Waals surface area contributed by atoms with Crippen molar-refractivity contribution in [1.82, 2.24) is 33.4 Å². The number of hydrogen-bond acceptors (Lipinski definition) is 6. The molecule has 1 aliphatic rings. The van der Waals surface area contributed by atoms with E-state index in [2.05, 4.69) is 15.0 Å². The molecule has 0 bridgehead atoms. The van der Waals surface area contributed by atoms with Gasteiger partial charge in [-0.2, -0.15) is 10.1 Å².